The van der Waals surface area contributed by atoms with Crippen LogP contribution in [0.2, 0.25) is 0 Å². The molecular weight excluding hydrogens is 394 g/mol. The largest absolute Gasteiger partial charge is 0.489 e. The van der Waals surface area contributed by atoms with E-state index in [0.29, 0.717) is 6.61 Å². The van der Waals surface area contributed by atoms with E-state index in [0.717, 1.165) is 60.2 Å². The van der Waals surface area contributed by atoms with Crippen molar-refractivity contribution < 1.29 is 9.53 Å². The van der Waals surface area contributed by atoms with Crippen LogP contribution in [0.3, 0.4) is 0 Å². The van der Waals surface area contributed by atoms with Crippen LogP contribution in [0.5, 0.6) is 5.75 Å². The van der Waals surface area contributed by atoms with Gasteiger partial charge in [-0.3, -0.25) is 14.7 Å². The number of nitrogens with zero attached hydrogens (tertiary/aromatic N) is 3. The normalized spacial score (nSPS) is 14.7. The van der Waals surface area contributed by atoms with Gasteiger partial charge in [0, 0.05) is 44.5 Å². The molecule has 0 atom stereocenters. The second kappa shape index (κ2) is 9.41. The topological polar surface area (TPSA) is 45.7 Å². The molecule has 0 N–H and O–H groups in total. The number of carbonyl (C=O) groups is 1. The molecule has 0 spiro atoms. The summed E-state index contributed by atoms with van der Waals surface area (Å²) in [7, 11) is 0. The summed E-state index contributed by atoms with van der Waals surface area (Å²) in [6, 6.07) is 14.0. The Bertz CT molecular complexity index is 995. The number of aromatic nitrogens is 1. The number of aryl methyl sites for hydroxylation is 1. The number of hydrogen-bond donors (Lipinski definition) is 0. The van der Waals surface area contributed by atoms with Gasteiger partial charge in [0.15, 0.2) is 0 Å². The second-order valence-corrected chi connectivity index (χ2v) is 8.61. The smallest absolute Gasteiger partial charge is 0.264 e. The Labute approximate surface area is 181 Å². The van der Waals surface area contributed by atoms with Crippen molar-refractivity contribution in [2.45, 2.75) is 27.0 Å². The van der Waals surface area contributed by atoms with Gasteiger partial charge >= 0.3 is 0 Å². The summed E-state index contributed by atoms with van der Waals surface area (Å²) < 4.78 is 5.98. The van der Waals surface area contributed by atoms with Gasteiger partial charge in [0.2, 0.25) is 0 Å². The molecule has 0 aliphatic carbocycles. The second-order valence-electron chi connectivity index (χ2n) is 7.70. The Hall–Kier alpha value is -2.70. The van der Waals surface area contributed by atoms with Crippen LogP contribution >= 0.6 is 11.3 Å². The average Bonchev–Trinajstić information content (AvgIpc) is 3.25. The molecule has 1 saturated heterocycles. The van der Waals surface area contributed by atoms with Gasteiger partial charge in [0.25, 0.3) is 5.91 Å². The lowest BCUT2D eigenvalue weighted by Gasteiger charge is -2.34. The number of thiophene rings is 1. The van der Waals surface area contributed by atoms with E-state index in [1.807, 2.05) is 52.9 Å². The fourth-order valence-corrected chi connectivity index (χ4v) is 4.45. The third kappa shape index (κ3) is 4.89. The summed E-state index contributed by atoms with van der Waals surface area (Å²) >= 11 is 1.50. The average molecular weight is 422 g/mol. The van der Waals surface area contributed by atoms with Gasteiger partial charge in [-0.2, -0.15) is 0 Å². The van der Waals surface area contributed by atoms with Crippen molar-refractivity contribution in [3.05, 3.63) is 81.3 Å². The number of rotatable bonds is 6. The maximum atomic E-state index is 12.9. The van der Waals surface area contributed by atoms with E-state index in [4.69, 9.17) is 4.74 Å². The van der Waals surface area contributed by atoms with Gasteiger partial charge in [-0.05, 0) is 54.6 Å². The third-order valence-electron chi connectivity index (χ3n) is 5.59. The fraction of sp³-hybridized carbons (Fsp3) is 0.333. The van der Waals surface area contributed by atoms with Crippen molar-refractivity contribution in [3.8, 4) is 5.75 Å². The van der Waals surface area contributed by atoms with E-state index < -0.39 is 0 Å². The van der Waals surface area contributed by atoms with E-state index >= 15 is 0 Å². The molecule has 3 heterocycles. The van der Waals surface area contributed by atoms with Gasteiger partial charge in [0.1, 0.15) is 12.4 Å². The van der Waals surface area contributed by atoms with Crippen LogP contribution in [0.25, 0.3) is 0 Å². The summed E-state index contributed by atoms with van der Waals surface area (Å²) in [4.78, 5) is 22.4. The standard InChI is InChI=1S/C24H27N3O2S/c1-18-6-5-8-22(19(18)2)29-16-20-14-23(30-17-20)24(28)27-12-10-26(11-13-27)15-21-7-3-4-9-25-21/h3-9,14,17H,10-13,15-16H2,1-2H3. The van der Waals surface area contributed by atoms with Crippen LogP contribution in [0.4, 0.5) is 0 Å². The minimum absolute atomic E-state index is 0.121. The lowest BCUT2D eigenvalue weighted by atomic mass is 10.1. The molecule has 1 amide bonds. The maximum Gasteiger partial charge on any atom is 0.264 e. The first-order chi connectivity index (χ1) is 14.6. The van der Waals surface area contributed by atoms with Crippen molar-refractivity contribution in [1.82, 2.24) is 14.8 Å². The summed E-state index contributed by atoms with van der Waals surface area (Å²) in [5.74, 6) is 1.02. The molecular formula is C24H27N3O2S. The molecule has 0 unspecified atom stereocenters. The molecule has 0 bridgehead atoms. The SMILES string of the molecule is Cc1cccc(OCc2csc(C(=O)N3CCN(Cc4ccccn4)CC3)c2)c1C. The van der Waals surface area contributed by atoms with Gasteiger partial charge in [0.05, 0.1) is 10.6 Å². The van der Waals surface area contributed by atoms with E-state index in [1.165, 1.54) is 16.9 Å². The molecule has 3 aromatic rings. The van der Waals surface area contributed by atoms with Crippen molar-refractivity contribution in [2.24, 2.45) is 0 Å². The molecule has 4 rings (SSSR count). The summed E-state index contributed by atoms with van der Waals surface area (Å²) in [6.45, 7) is 8.70. The number of amides is 1. The molecule has 30 heavy (non-hydrogen) atoms. The number of benzene rings is 1. The molecule has 1 aliphatic heterocycles. The first-order valence-corrected chi connectivity index (χ1v) is 11.2. The van der Waals surface area contributed by atoms with E-state index in [2.05, 4.69) is 29.8 Å². The predicted molar refractivity (Wildman–Crippen MR) is 120 cm³/mol. The molecule has 0 radical (unpaired) electrons. The maximum absolute atomic E-state index is 12.9. The third-order valence-corrected chi connectivity index (χ3v) is 6.55. The van der Waals surface area contributed by atoms with E-state index in [9.17, 15) is 4.79 Å². The van der Waals surface area contributed by atoms with Crippen LogP contribution in [0.15, 0.2) is 54.0 Å². The Kier molecular flexibility index (Phi) is 6.45. The van der Waals surface area contributed by atoms with Gasteiger partial charge < -0.3 is 9.64 Å². The monoisotopic (exact) mass is 421 g/mol. The number of pyridine rings is 1. The predicted octanol–water partition coefficient (Wildman–Crippen LogP) is 4.30. The molecule has 1 aliphatic rings. The highest BCUT2D eigenvalue weighted by Gasteiger charge is 2.23. The number of hydrogen-bond acceptors (Lipinski definition) is 5. The zero-order valence-corrected chi connectivity index (χ0v) is 18.3. The summed E-state index contributed by atoms with van der Waals surface area (Å²) in [6.07, 6.45) is 1.83. The van der Waals surface area contributed by atoms with Crippen LogP contribution in [0, 0.1) is 13.8 Å². The number of piperazine rings is 1. The van der Waals surface area contributed by atoms with E-state index in [1.54, 1.807) is 0 Å². The Morgan fingerprint density at radius 2 is 1.93 bits per heavy atom. The van der Waals surface area contributed by atoms with Crippen molar-refractivity contribution in [1.29, 1.82) is 0 Å². The molecule has 1 fully saturated rings. The lowest BCUT2D eigenvalue weighted by Crippen LogP contribution is -2.48. The first kappa shape index (κ1) is 20.6. The van der Waals surface area contributed by atoms with E-state index in [-0.39, 0.29) is 5.91 Å². The van der Waals surface area contributed by atoms with Gasteiger partial charge in [-0.15, -0.1) is 11.3 Å². The van der Waals surface area contributed by atoms with Gasteiger partial charge in [-0.1, -0.05) is 18.2 Å². The number of carbonyl (C=O) groups excluding carboxylic acids is 1. The molecule has 5 nitrogen and oxygen atoms in total. The van der Waals surface area contributed by atoms with Gasteiger partial charge in [-0.25, -0.2) is 0 Å². The van der Waals surface area contributed by atoms with Crippen LogP contribution in [-0.2, 0) is 13.2 Å². The number of ether oxygens (including phenoxy) is 1. The molecule has 1 aromatic carbocycles. The highest BCUT2D eigenvalue weighted by molar-refractivity contribution is 7.12. The zero-order chi connectivity index (χ0) is 20.9. The van der Waals surface area contributed by atoms with Crippen molar-refractivity contribution >= 4 is 17.2 Å². The summed E-state index contributed by atoms with van der Waals surface area (Å²) in [5, 5.41) is 2.02. The Morgan fingerprint density at radius 1 is 1.10 bits per heavy atom. The highest BCUT2D eigenvalue weighted by atomic mass is 32.1. The quantitative estimate of drug-likeness (QED) is 0.595. The fourth-order valence-electron chi connectivity index (χ4n) is 3.59. The molecule has 6 heteroatoms. The minimum atomic E-state index is 0.121. The van der Waals surface area contributed by atoms with Crippen LogP contribution < -0.4 is 4.74 Å². The van der Waals surface area contributed by atoms with Crippen LogP contribution in [0.1, 0.15) is 32.1 Å². The lowest BCUT2D eigenvalue weighted by molar-refractivity contribution is 0.0631. The highest BCUT2D eigenvalue weighted by Crippen LogP contribution is 2.24. The first-order valence-electron chi connectivity index (χ1n) is 10.3. The Balaban J connectivity index is 1.29. The minimum Gasteiger partial charge on any atom is -0.489 e. The molecule has 156 valence electrons. The molecule has 0 saturated carbocycles. The van der Waals surface area contributed by atoms with Crippen molar-refractivity contribution in [2.75, 3.05) is 26.2 Å². The van der Waals surface area contributed by atoms with Crippen LogP contribution in [-0.4, -0.2) is 46.9 Å². The molecule has 2 aromatic heterocycles. The summed E-state index contributed by atoms with van der Waals surface area (Å²) in [5.41, 5.74) is 4.49. The Morgan fingerprint density at radius 3 is 2.70 bits per heavy atom. The van der Waals surface area contributed by atoms with Crippen molar-refractivity contribution in [3.63, 3.8) is 0 Å². The zero-order valence-electron chi connectivity index (χ0n) is 17.5.